The number of carbonyl (C=O) groups is 1. The van der Waals surface area contributed by atoms with Crippen molar-refractivity contribution >= 4 is 28.7 Å². The summed E-state index contributed by atoms with van der Waals surface area (Å²) < 4.78 is 5.78. The van der Waals surface area contributed by atoms with Crippen molar-refractivity contribution in [1.29, 1.82) is 0 Å². The van der Waals surface area contributed by atoms with Gasteiger partial charge in [0.05, 0.1) is 18.4 Å². The van der Waals surface area contributed by atoms with Gasteiger partial charge in [0.15, 0.2) is 5.78 Å². The van der Waals surface area contributed by atoms with Gasteiger partial charge in [0, 0.05) is 36.1 Å². The van der Waals surface area contributed by atoms with Gasteiger partial charge in [0.2, 0.25) is 0 Å². The maximum atomic E-state index is 12.6. The Labute approximate surface area is 171 Å². The Morgan fingerprint density at radius 1 is 1.21 bits per heavy atom. The molecule has 146 valence electrons. The number of allylic oxidation sites excluding steroid dienone is 1. The molecule has 0 fully saturated rings. The number of benzene rings is 1. The van der Waals surface area contributed by atoms with E-state index in [9.17, 15) is 4.79 Å². The highest BCUT2D eigenvalue weighted by Crippen LogP contribution is 2.24. The van der Waals surface area contributed by atoms with Crippen molar-refractivity contribution in [3.63, 3.8) is 0 Å². The zero-order valence-corrected chi connectivity index (χ0v) is 16.8. The topological polar surface area (TPSA) is 63.2 Å². The van der Waals surface area contributed by atoms with Crippen LogP contribution in [0.4, 0.5) is 5.69 Å². The summed E-state index contributed by atoms with van der Waals surface area (Å²) in [6.07, 6.45) is 6.57. The van der Waals surface area contributed by atoms with E-state index in [4.69, 9.17) is 17.0 Å². The predicted octanol–water partition coefficient (Wildman–Crippen LogP) is 4.41. The molecular formula is C22H25N3O2S. The third kappa shape index (κ3) is 5.16. The fraction of sp³-hybridized carbons (Fsp3) is 0.318. The maximum Gasteiger partial charge on any atom is 0.167 e. The van der Waals surface area contributed by atoms with Crippen LogP contribution in [0, 0.1) is 0 Å². The van der Waals surface area contributed by atoms with E-state index in [0.29, 0.717) is 30.1 Å². The van der Waals surface area contributed by atoms with Crippen LogP contribution in [0.2, 0.25) is 0 Å². The molecule has 1 aromatic heterocycles. The highest BCUT2D eigenvalue weighted by Gasteiger charge is 2.24. The van der Waals surface area contributed by atoms with E-state index in [0.717, 1.165) is 42.0 Å². The molecule has 1 aliphatic rings. The lowest BCUT2D eigenvalue weighted by Crippen LogP contribution is -2.29. The van der Waals surface area contributed by atoms with Crippen LogP contribution in [0.3, 0.4) is 0 Å². The summed E-state index contributed by atoms with van der Waals surface area (Å²) in [5.74, 6) is 0.852. The number of ketones is 1. The van der Waals surface area contributed by atoms with Crippen LogP contribution in [0.25, 0.3) is 0 Å². The molecule has 28 heavy (non-hydrogen) atoms. The number of anilines is 1. The van der Waals surface area contributed by atoms with Crippen LogP contribution in [-0.4, -0.2) is 22.4 Å². The number of para-hydroxylation sites is 1. The van der Waals surface area contributed by atoms with Gasteiger partial charge >= 0.3 is 0 Å². The molecule has 1 heterocycles. The third-order valence-electron chi connectivity index (χ3n) is 4.49. The van der Waals surface area contributed by atoms with Gasteiger partial charge in [-0.15, -0.1) is 0 Å². The number of nitrogens with zero attached hydrogens (tertiary/aromatic N) is 1. The van der Waals surface area contributed by atoms with Crippen LogP contribution >= 0.6 is 12.2 Å². The number of hydrogen-bond acceptors (Lipinski definition) is 5. The number of Topliss-reactive ketones (excluding diaryl/α,β-unsaturated/α-hetero) is 1. The first-order chi connectivity index (χ1) is 13.7. The van der Waals surface area contributed by atoms with Crippen molar-refractivity contribution in [2.45, 2.75) is 39.2 Å². The number of carbonyl (C=O) groups excluding carboxylic acids is 1. The third-order valence-corrected chi connectivity index (χ3v) is 4.80. The average Bonchev–Trinajstić information content (AvgIpc) is 2.72. The van der Waals surface area contributed by atoms with E-state index in [2.05, 4.69) is 22.5 Å². The van der Waals surface area contributed by atoms with Gasteiger partial charge in [0.25, 0.3) is 0 Å². The monoisotopic (exact) mass is 395 g/mol. The van der Waals surface area contributed by atoms with E-state index in [1.54, 1.807) is 12.4 Å². The van der Waals surface area contributed by atoms with Gasteiger partial charge < -0.3 is 15.4 Å². The smallest absolute Gasteiger partial charge is 0.167 e. The zero-order chi connectivity index (χ0) is 19.8. The number of ether oxygens (including phenoxy) is 1. The molecule has 0 atom stereocenters. The Bertz CT molecular complexity index is 865. The fourth-order valence-corrected chi connectivity index (χ4v) is 3.45. The van der Waals surface area contributed by atoms with E-state index >= 15 is 0 Å². The highest BCUT2D eigenvalue weighted by molar-refractivity contribution is 7.81. The molecular weight excluding hydrogens is 370 g/mol. The fourth-order valence-electron chi connectivity index (χ4n) is 3.10. The zero-order valence-electron chi connectivity index (χ0n) is 16.0. The van der Waals surface area contributed by atoms with Crippen LogP contribution < -0.4 is 15.4 Å². The lowest BCUT2D eigenvalue weighted by atomic mass is 9.94. The Morgan fingerprint density at radius 3 is 2.82 bits per heavy atom. The first-order valence-corrected chi connectivity index (χ1v) is 10.0. The Kier molecular flexibility index (Phi) is 7.14. The summed E-state index contributed by atoms with van der Waals surface area (Å²) in [5, 5.41) is 6.61. The summed E-state index contributed by atoms with van der Waals surface area (Å²) in [5.41, 5.74) is 3.37. The summed E-state index contributed by atoms with van der Waals surface area (Å²) >= 11 is 5.56. The van der Waals surface area contributed by atoms with Crippen LogP contribution in [0.1, 0.15) is 38.2 Å². The molecule has 0 aliphatic heterocycles. The molecule has 0 amide bonds. The Hall–Kier alpha value is -2.73. The molecule has 0 saturated carbocycles. The van der Waals surface area contributed by atoms with Gasteiger partial charge in [0.1, 0.15) is 10.7 Å². The quantitative estimate of drug-likeness (QED) is 0.646. The van der Waals surface area contributed by atoms with E-state index < -0.39 is 0 Å². The Morgan fingerprint density at radius 2 is 2.04 bits per heavy atom. The second-order valence-corrected chi connectivity index (χ2v) is 7.04. The van der Waals surface area contributed by atoms with Crippen molar-refractivity contribution in [3.05, 3.63) is 65.6 Å². The minimum absolute atomic E-state index is 0.0827. The molecule has 0 unspecified atom stereocenters. The van der Waals surface area contributed by atoms with E-state index in [1.807, 2.05) is 36.4 Å². The minimum atomic E-state index is 0.0827. The predicted molar refractivity (Wildman–Crippen MR) is 115 cm³/mol. The maximum absolute atomic E-state index is 12.6. The number of nitrogens with one attached hydrogen (secondary N) is 2. The molecule has 3 rings (SSSR count). The molecule has 2 aromatic rings. The molecule has 5 nitrogen and oxygen atoms in total. The summed E-state index contributed by atoms with van der Waals surface area (Å²) in [6.45, 7) is 3.28. The van der Waals surface area contributed by atoms with Crippen molar-refractivity contribution in [3.8, 4) is 5.75 Å². The second-order valence-electron chi connectivity index (χ2n) is 6.64. The molecule has 1 aromatic carbocycles. The minimum Gasteiger partial charge on any atom is -0.492 e. The number of thiocarbonyl (C=S) groups is 1. The molecule has 0 bridgehead atoms. The molecule has 0 spiro atoms. The first-order valence-electron chi connectivity index (χ1n) is 9.61. The standard InChI is InChI=1S/C22H25N3O2S/c1-2-13-27-20-15-23-12-11-16(20)14-24-18-9-6-10-19(26)21(18)22(28)25-17-7-4-3-5-8-17/h3-5,7-8,11-12,15,24H,2,6,9-10,13-14H2,1H3,(H,25,28). The van der Waals surface area contributed by atoms with Crippen molar-refractivity contribution < 1.29 is 9.53 Å². The number of hydrogen-bond donors (Lipinski definition) is 2. The average molecular weight is 396 g/mol. The number of aromatic nitrogens is 1. The first kappa shape index (κ1) is 20.0. The van der Waals surface area contributed by atoms with Crippen molar-refractivity contribution in [2.75, 3.05) is 11.9 Å². The van der Waals surface area contributed by atoms with Gasteiger partial charge in [-0.05, 0) is 37.5 Å². The lowest BCUT2D eigenvalue weighted by Gasteiger charge is -2.22. The molecule has 0 saturated heterocycles. The lowest BCUT2D eigenvalue weighted by molar-refractivity contribution is -0.115. The molecule has 2 N–H and O–H groups in total. The molecule has 6 heteroatoms. The molecule has 0 radical (unpaired) electrons. The van der Waals surface area contributed by atoms with Crippen LogP contribution in [-0.2, 0) is 11.3 Å². The largest absolute Gasteiger partial charge is 0.492 e. The van der Waals surface area contributed by atoms with Crippen molar-refractivity contribution in [2.24, 2.45) is 0 Å². The van der Waals surface area contributed by atoms with Crippen LogP contribution in [0.15, 0.2) is 60.1 Å². The molecule has 1 aliphatic carbocycles. The van der Waals surface area contributed by atoms with Gasteiger partial charge in [-0.25, -0.2) is 0 Å². The Balaban J connectivity index is 1.77. The van der Waals surface area contributed by atoms with Gasteiger partial charge in [-0.1, -0.05) is 37.3 Å². The van der Waals surface area contributed by atoms with E-state index in [-0.39, 0.29) is 5.78 Å². The summed E-state index contributed by atoms with van der Waals surface area (Å²) in [7, 11) is 0. The number of rotatable bonds is 8. The van der Waals surface area contributed by atoms with E-state index in [1.165, 1.54) is 0 Å². The summed E-state index contributed by atoms with van der Waals surface area (Å²) in [4.78, 5) is 17.2. The summed E-state index contributed by atoms with van der Waals surface area (Å²) in [6, 6.07) is 11.6. The SMILES string of the molecule is CCCOc1cnccc1CNC1=C(C(=S)Nc2ccccc2)C(=O)CCC1. The normalized spacial score (nSPS) is 14.0. The second kappa shape index (κ2) is 9.99. The van der Waals surface area contributed by atoms with Gasteiger partial charge in [-0.3, -0.25) is 9.78 Å². The van der Waals surface area contributed by atoms with Crippen LogP contribution in [0.5, 0.6) is 5.75 Å². The van der Waals surface area contributed by atoms with Gasteiger partial charge in [-0.2, -0.15) is 0 Å². The number of pyridine rings is 1. The van der Waals surface area contributed by atoms with Crippen molar-refractivity contribution in [1.82, 2.24) is 10.3 Å². The highest BCUT2D eigenvalue weighted by atomic mass is 32.1.